The van der Waals surface area contributed by atoms with Crippen molar-refractivity contribution in [3.63, 3.8) is 0 Å². The number of anilines is 1. The lowest BCUT2D eigenvalue weighted by atomic mass is 10.1. The van der Waals surface area contributed by atoms with Gasteiger partial charge in [0.2, 0.25) is 0 Å². The molecule has 1 heterocycles. The molecule has 136 valence electrons. The molecule has 0 unspecified atom stereocenters. The molecular weight excluding hydrogens is 396 g/mol. The van der Waals surface area contributed by atoms with Crippen LogP contribution < -0.4 is 10.1 Å². The number of hydrogen-bond donors (Lipinski definition) is 1. The fourth-order valence-corrected chi connectivity index (χ4v) is 3.52. The number of methoxy groups -OCH3 is 1. The highest BCUT2D eigenvalue weighted by Crippen LogP contribution is 2.35. The number of aromatic nitrogens is 1. The predicted octanol–water partition coefficient (Wildman–Crippen LogP) is 4.74. The second-order valence-corrected chi connectivity index (χ2v) is 6.68. The minimum Gasteiger partial charge on any atom is -0.496 e. The van der Waals surface area contributed by atoms with E-state index in [2.05, 4.69) is 21.2 Å². The second-order valence-electron chi connectivity index (χ2n) is 5.82. The Labute approximate surface area is 161 Å². The fourth-order valence-electron chi connectivity index (χ4n) is 3.03. The standard InChI is InChI=1S/C20H21BrN2O3/c1-4-26-20(24)19-14-10-18(25-3)15(21)11-16(14)23(2)17(19)12-22-13-8-6-5-7-9-13/h5-11,22H,4,12H2,1-3H3. The SMILES string of the molecule is CCOC(=O)c1c(CNc2ccccc2)n(C)c2cc(Br)c(OC)cc12. The molecule has 0 radical (unpaired) electrons. The lowest BCUT2D eigenvalue weighted by molar-refractivity contribution is 0.0527. The van der Waals surface area contributed by atoms with E-state index in [0.717, 1.165) is 26.8 Å². The lowest BCUT2D eigenvalue weighted by Gasteiger charge is -2.10. The van der Waals surface area contributed by atoms with Crippen LogP contribution in [0.25, 0.3) is 10.9 Å². The van der Waals surface area contributed by atoms with Crippen molar-refractivity contribution >= 4 is 38.5 Å². The lowest BCUT2D eigenvalue weighted by Crippen LogP contribution is -2.12. The molecule has 3 aromatic rings. The smallest absolute Gasteiger partial charge is 0.340 e. The first-order valence-corrected chi connectivity index (χ1v) is 9.17. The number of para-hydroxylation sites is 1. The molecule has 5 nitrogen and oxygen atoms in total. The first kappa shape index (κ1) is 18.3. The van der Waals surface area contributed by atoms with Gasteiger partial charge in [-0.05, 0) is 47.1 Å². The number of rotatable bonds is 6. The summed E-state index contributed by atoms with van der Waals surface area (Å²) in [6, 6.07) is 13.7. The number of halogens is 1. The average Bonchev–Trinajstić information content (AvgIpc) is 2.91. The Hall–Kier alpha value is -2.47. The maximum atomic E-state index is 12.7. The molecule has 3 rings (SSSR count). The number of nitrogens with one attached hydrogen (secondary N) is 1. The number of nitrogens with zero attached hydrogens (tertiary/aromatic N) is 1. The van der Waals surface area contributed by atoms with Gasteiger partial charge in [-0.25, -0.2) is 4.79 Å². The van der Waals surface area contributed by atoms with Crippen LogP contribution in [0.4, 0.5) is 5.69 Å². The van der Waals surface area contributed by atoms with E-state index in [1.54, 1.807) is 7.11 Å². The average molecular weight is 417 g/mol. The zero-order chi connectivity index (χ0) is 18.7. The van der Waals surface area contributed by atoms with E-state index in [-0.39, 0.29) is 5.97 Å². The Balaban J connectivity index is 2.11. The summed E-state index contributed by atoms with van der Waals surface area (Å²) in [6.45, 7) is 2.64. The normalized spacial score (nSPS) is 10.8. The quantitative estimate of drug-likeness (QED) is 0.589. The molecule has 26 heavy (non-hydrogen) atoms. The molecule has 0 saturated carbocycles. The molecule has 0 fully saturated rings. The Morgan fingerprint density at radius 2 is 1.96 bits per heavy atom. The monoisotopic (exact) mass is 416 g/mol. The number of carbonyl (C=O) groups is 1. The largest absolute Gasteiger partial charge is 0.496 e. The zero-order valence-electron chi connectivity index (χ0n) is 15.0. The van der Waals surface area contributed by atoms with Gasteiger partial charge in [-0.15, -0.1) is 0 Å². The van der Waals surface area contributed by atoms with E-state index in [4.69, 9.17) is 9.47 Å². The summed E-state index contributed by atoms with van der Waals surface area (Å²) in [4.78, 5) is 12.7. The predicted molar refractivity (Wildman–Crippen MR) is 107 cm³/mol. The molecule has 0 atom stereocenters. The summed E-state index contributed by atoms with van der Waals surface area (Å²) in [5, 5.41) is 4.19. The topological polar surface area (TPSA) is 52.5 Å². The first-order valence-electron chi connectivity index (χ1n) is 8.37. The van der Waals surface area contributed by atoms with Crippen LogP contribution in [-0.2, 0) is 18.3 Å². The van der Waals surface area contributed by atoms with Gasteiger partial charge >= 0.3 is 5.97 Å². The van der Waals surface area contributed by atoms with Gasteiger partial charge in [-0.1, -0.05) is 18.2 Å². The maximum absolute atomic E-state index is 12.7. The molecular formula is C20H21BrN2O3. The van der Waals surface area contributed by atoms with Gasteiger partial charge in [0.25, 0.3) is 0 Å². The highest BCUT2D eigenvalue weighted by atomic mass is 79.9. The van der Waals surface area contributed by atoms with Crippen molar-refractivity contribution in [2.45, 2.75) is 13.5 Å². The molecule has 0 aliphatic rings. The number of ether oxygens (including phenoxy) is 2. The van der Waals surface area contributed by atoms with Crippen molar-refractivity contribution in [1.29, 1.82) is 0 Å². The summed E-state index contributed by atoms with van der Waals surface area (Å²) < 4.78 is 13.6. The molecule has 0 saturated heterocycles. The zero-order valence-corrected chi connectivity index (χ0v) is 16.6. The number of carbonyl (C=O) groups excluding carboxylic acids is 1. The number of benzene rings is 2. The summed E-state index contributed by atoms with van der Waals surface area (Å²) in [5.74, 6) is 0.351. The van der Waals surface area contributed by atoms with Crippen LogP contribution in [0.5, 0.6) is 5.75 Å². The molecule has 1 aromatic heterocycles. The van der Waals surface area contributed by atoms with E-state index in [1.807, 2.05) is 61.0 Å². The molecule has 0 bridgehead atoms. The van der Waals surface area contributed by atoms with Crippen molar-refractivity contribution in [3.8, 4) is 5.75 Å². The minimum absolute atomic E-state index is 0.327. The van der Waals surface area contributed by atoms with Gasteiger partial charge in [-0.2, -0.15) is 0 Å². The molecule has 0 amide bonds. The number of esters is 1. The minimum atomic E-state index is -0.327. The van der Waals surface area contributed by atoms with Gasteiger partial charge in [-0.3, -0.25) is 0 Å². The van der Waals surface area contributed by atoms with E-state index in [0.29, 0.717) is 24.5 Å². The van der Waals surface area contributed by atoms with Gasteiger partial charge in [0, 0.05) is 18.1 Å². The van der Waals surface area contributed by atoms with Crippen molar-refractivity contribution in [2.24, 2.45) is 7.05 Å². The van der Waals surface area contributed by atoms with Crippen LogP contribution in [0.3, 0.4) is 0 Å². The first-order chi connectivity index (χ1) is 12.6. The Bertz CT molecular complexity index is 935. The molecule has 2 aromatic carbocycles. The third-order valence-electron chi connectivity index (χ3n) is 4.31. The molecule has 0 aliphatic carbocycles. The van der Waals surface area contributed by atoms with Gasteiger partial charge in [0.05, 0.1) is 41.5 Å². The number of hydrogen-bond acceptors (Lipinski definition) is 4. The second kappa shape index (κ2) is 7.83. The van der Waals surface area contributed by atoms with Crippen molar-refractivity contribution < 1.29 is 14.3 Å². The van der Waals surface area contributed by atoms with Crippen LogP contribution in [0.2, 0.25) is 0 Å². The van der Waals surface area contributed by atoms with E-state index >= 15 is 0 Å². The highest BCUT2D eigenvalue weighted by Gasteiger charge is 2.23. The Morgan fingerprint density at radius 3 is 2.62 bits per heavy atom. The van der Waals surface area contributed by atoms with Crippen molar-refractivity contribution in [3.05, 3.63) is 58.2 Å². The highest BCUT2D eigenvalue weighted by molar-refractivity contribution is 9.10. The third kappa shape index (κ3) is 3.42. The van der Waals surface area contributed by atoms with Gasteiger partial charge < -0.3 is 19.4 Å². The van der Waals surface area contributed by atoms with E-state index in [1.165, 1.54) is 0 Å². The molecule has 0 spiro atoms. The van der Waals surface area contributed by atoms with E-state index < -0.39 is 0 Å². The Kier molecular flexibility index (Phi) is 5.52. The van der Waals surface area contributed by atoms with Crippen LogP contribution in [0, 0.1) is 0 Å². The Morgan fingerprint density at radius 1 is 1.23 bits per heavy atom. The van der Waals surface area contributed by atoms with E-state index in [9.17, 15) is 4.79 Å². The van der Waals surface area contributed by atoms with Crippen LogP contribution in [0.1, 0.15) is 23.0 Å². The van der Waals surface area contributed by atoms with Crippen LogP contribution in [0.15, 0.2) is 46.9 Å². The van der Waals surface area contributed by atoms with Gasteiger partial charge in [0.15, 0.2) is 0 Å². The van der Waals surface area contributed by atoms with Gasteiger partial charge in [0.1, 0.15) is 5.75 Å². The summed E-state index contributed by atoms with van der Waals surface area (Å²) in [7, 11) is 3.56. The summed E-state index contributed by atoms with van der Waals surface area (Å²) >= 11 is 3.52. The molecule has 1 N–H and O–H groups in total. The van der Waals surface area contributed by atoms with Crippen molar-refractivity contribution in [1.82, 2.24) is 4.57 Å². The summed E-state index contributed by atoms with van der Waals surface area (Å²) in [5.41, 5.74) is 3.36. The van der Waals surface area contributed by atoms with Crippen LogP contribution >= 0.6 is 15.9 Å². The number of fused-ring (bicyclic) bond motifs is 1. The molecule has 6 heteroatoms. The fraction of sp³-hybridized carbons (Fsp3) is 0.250. The van der Waals surface area contributed by atoms with Crippen molar-refractivity contribution in [2.75, 3.05) is 19.0 Å². The van der Waals surface area contributed by atoms with Crippen LogP contribution in [-0.4, -0.2) is 24.3 Å². The summed E-state index contributed by atoms with van der Waals surface area (Å²) in [6.07, 6.45) is 0. The molecule has 0 aliphatic heterocycles. The number of aryl methyl sites for hydroxylation is 1. The third-order valence-corrected chi connectivity index (χ3v) is 4.93. The maximum Gasteiger partial charge on any atom is 0.340 e.